The van der Waals surface area contributed by atoms with Gasteiger partial charge in [-0.1, -0.05) is 38.8 Å². The molecule has 0 aromatic rings. The van der Waals surface area contributed by atoms with Crippen LogP contribution in [0.3, 0.4) is 0 Å². The molecular weight excluding hydrogens is 238 g/mol. The summed E-state index contributed by atoms with van der Waals surface area (Å²) in [4.78, 5) is 0. The lowest BCUT2D eigenvalue weighted by atomic mass is 9.83. The zero-order chi connectivity index (χ0) is 14.3. The number of nitrogens with two attached hydrogens (primary N) is 1. The van der Waals surface area contributed by atoms with E-state index in [4.69, 9.17) is 10.9 Å². The van der Waals surface area contributed by atoms with Crippen molar-refractivity contribution in [3.05, 3.63) is 0 Å². The number of amidine groups is 1. The quantitative estimate of drug-likeness (QED) is 0.288. The van der Waals surface area contributed by atoms with E-state index in [1.165, 1.54) is 38.5 Å². The van der Waals surface area contributed by atoms with E-state index in [-0.39, 0.29) is 5.41 Å². The van der Waals surface area contributed by atoms with Crippen LogP contribution in [0.15, 0.2) is 5.16 Å². The molecular formula is C15H31N3O. The summed E-state index contributed by atoms with van der Waals surface area (Å²) in [5.41, 5.74) is 5.46. The Kier molecular flexibility index (Phi) is 6.63. The molecule has 1 aliphatic rings. The summed E-state index contributed by atoms with van der Waals surface area (Å²) < 4.78 is 0. The Morgan fingerprint density at radius 1 is 1.32 bits per heavy atom. The van der Waals surface area contributed by atoms with Gasteiger partial charge in [-0.05, 0) is 44.6 Å². The van der Waals surface area contributed by atoms with E-state index in [1.807, 2.05) is 13.8 Å². The maximum absolute atomic E-state index is 8.74. The Balaban J connectivity index is 2.21. The van der Waals surface area contributed by atoms with Gasteiger partial charge in [-0.15, -0.1) is 0 Å². The van der Waals surface area contributed by atoms with Crippen molar-refractivity contribution in [1.82, 2.24) is 5.32 Å². The average Bonchev–Trinajstić information content (AvgIpc) is 2.40. The largest absolute Gasteiger partial charge is 0.409 e. The predicted octanol–water partition coefficient (Wildman–Crippen LogP) is 3.10. The van der Waals surface area contributed by atoms with E-state index in [2.05, 4.69) is 17.4 Å². The molecule has 112 valence electrons. The Labute approximate surface area is 117 Å². The highest BCUT2D eigenvalue weighted by Crippen LogP contribution is 2.28. The summed E-state index contributed by atoms with van der Waals surface area (Å²) in [5.74, 6) is 1.28. The summed E-state index contributed by atoms with van der Waals surface area (Å²) in [6.07, 6.45) is 8.95. The third-order valence-corrected chi connectivity index (χ3v) is 4.53. The number of nitrogens with one attached hydrogen (secondary N) is 1. The second kappa shape index (κ2) is 7.73. The third kappa shape index (κ3) is 5.39. The Morgan fingerprint density at radius 3 is 2.47 bits per heavy atom. The van der Waals surface area contributed by atoms with Crippen molar-refractivity contribution < 1.29 is 5.21 Å². The molecule has 0 aromatic heterocycles. The molecule has 0 aliphatic heterocycles. The molecule has 0 atom stereocenters. The van der Waals surface area contributed by atoms with Gasteiger partial charge in [-0.2, -0.15) is 0 Å². The predicted molar refractivity (Wildman–Crippen MR) is 80.5 cm³/mol. The molecule has 1 fully saturated rings. The summed E-state index contributed by atoms with van der Waals surface area (Å²) in [7, 11) is 0. The first kappa shape index (κ1) is 16.3. The van der Waals surface area contributed by atoms with Gasteiger partial charge in [0.05, 0.1) is 0 Å². The molecule has 1 saturated carbocycles. The summed E-state index contributed by atoms with van der Waals surface area (Å²) in [6, 6.07) is 0.663. The fraction of sp³-hybridized carbons (Fsp3) is 0.933. The maximum Gasteiger partial charge on any atom is 0.144 e. The highest BCUT2D eigenvalue weighted by atomic mass is 16.4. The van der Waals surface area contributed by atoms with Crippen LogP contribution >= 0.6 is 0 Å². The molecule has 4 heteroatoms. The first-order valence-electron chi connectivity index (χ1n) is 7.71. The Hall–Kier alpha value is -0.770. The van der Waals surface area contributed by atoms with Crippen LogP contribution in [0.4, 0.5) is 0 Å². The van der Waals surface area contributed by atoms with Gasteiger partial charge in [-0.3, -0.25) is 0 Å². The highest BCUT2D eigenvalue weighted by Gasteiger charge is 2.24. The molecule has 0 unspecified atom stereocenters. The SMILES string of the molecule is CCCC1CCC(NCCC(C)(C)C(N)=NO)CC1. The van der Waals surface area contributed by atoms with E-state index in [0.29, 0.717) is 11.9 Å². The fourth-order valence-electron chi connectivity index (χ4n) is 2.92. The van der Waals surface area contributed by atoms with Crippen molar-refractivity contribution in [3.8, 4) is 0 Å². The lowest BCUT2D eigenvalue weighted by Crippen LogP contribution is -2.38. The van der Waals surface area contributed by atoms with Crippen LogP contribution in [0.1, 0.15) is 65.7 Å². The normalized spacial score (nSPS) is 25.5. The van der Waals surface area contributed by atoms with Gasteiger partial charge in [0.15, 0.2) is 0 Å². The van der Waals surface area contributed by atoms with Crippen molar-refractivity contribution >= 4 is 5.84 Å². The second-order valence-electron chi connectivity index (χ2n) is 6.58. The summed E-state index contributed by atoms with van der Waals surface area (Å²) >= 11 is 0. The van der Waals surface area contributed by atoms with Crippen LogP contribution in [0, 0.1) is 11.3 Å². The van der Waals surface area contributed by atoms with Gasteiger partial charge in [0.2, 0.25) is 0 Å². The molecule has 4 N–H and O–H groups in total. The molecule has 0 aromatic carbocycles. The second-order valence-corrected chi connectivity index (χ2v) is 6.58. The summed E-state index contributed by atoms with van der Waals surface area (Å²) in [5, 5.41) is 15.5. The fourth-order valence-corrected chi connectivity index (χ4v) is 2.92. The van der Waals surface area contributed by atoms with E-state index < -0.39 is 0 Å². The van der Waals surface area contributed by atoms with Crippen LogP contribution in [0.25, 0.3) is 0 Å². The molecule has 4 nitrogen and oxygen atoms in total. The van der Waals surface area contributed by atoms with Crippen LogP contribution < -0.4 is 11.1 Å². The molecule has 1 aliphatic carbocycles. The number of hydrogen-bond acceptors (Lipinski definition) is 3. The first-order valence-corrected chi connectivity index (χ1v) is 7.71. The van der Waals surface area contributed by atoms with Gasteiger partial charge >= 0.3 is 0 Å². The number of oxime groups is 1. The van der Waals surface area contributed by atoms with Crippen molar-refractivity contribution in [1.29, 1.82) is 0 Å². The smallest absolute Gasteiger partial charge is 0.144 e. The highest BCUT2D eigenvalue weighted by molar-refractivity contribution is 5.85. The Bertz CT molecular complexity index is 281. The lowest BCUT2D eigenvalue weighted by molar-refractivity contribution is 0.270. The summed E-state index contributed by atoms with van der Waals surface area (Å²) in [6.45, 7) is 7.25. The minimum Gasteiger partial charge on any atom is -0.409 e. The molecule has 19 heavy (non-hydrogen) atoms. The van der Waals surface area contributed by atoms with Crippen molar-refractivity contribution in [2.45, 2.75) is 71.8 Å². The molecule has 0 saturated heterocycles. The van der Waals surface area contributed by atoms with Gasteiger partial charge in [0.1, 0.15) is 5.84 Å². The molecule has 0 heterocycles. The lowest BCUT2D eigenvalue weighted by Gasteiger charge is -2.30. The monoisotopic (exact) mass is 269 g/mol. The molecule has 0 bridgehead atoms. The van der Waals surface area contributed by atoms with Gasteiger partial charge < -0.3 is 16.3 Å². The molecule has 1 rings (SSSR count). The van der Waals surface area contributed by atoms with Gasteiger partial charge in [-0.25, -0.2) is 0 Å². The van der Waals surface area contributed by atoms with Crippen LogP contribution in [-0.2, 0) is 0 Å². The van der Waals surface area contributed by atoms with Crippen molar-refractivity contribution in [2.75, 3.05) is 6.54 Å². The number of rotatable bonds is 7. The van der Waals surface area contributed by atoms with Crippen LogP contribution in [0.5, 0.6) is 0 Å². The van der Waals surface area contributed by atoms with Gasteiger partial charge in [0.25, 0.3) is 0 Å². The van der Waals surface area contributed by atoms with Crippen molar-refractivity contribution in [3.63, 3.8) is 0 Å². The molecule has 0 radical (unpaired) electrons. The Morgan fingerprint density at radius 2 is 1.95 bits per heavy atom. The third-order valence-electron chi connectivity index (χ3n) is 4.53. The van der Waals surface area contributed by atoms with E-state index in [0.717, 1.165) is 18.9 Å². The van der Waals surface area contributed by atoms with Gasteiger partial charge in [0, 0.05) is 11.5 Å². The maximum atomic E-state index is 8.74. The minimum atomic E-state index is -0.235. The zero-order valence-corrected chi connectivity index (χ0v) is 12.8. The standard InChI is InChI=1S/C15H31N3O/c1-4-5-12-6-8-13(9-7-12)17-11-10-15(2,3)14(16)18-19/h12-13,17,19H,4-11H2,1-3H3,(H2,16,18). The van der Waals surface area contributed by atoms with Crippen molar-refractivity contribution in [2.24, 2.45) is 22.2 Å². The topological polar surface area (TPSA) is 70.6 Å². The average molecular weight is 269 g/mol. The van der Waals surface area contributed by atoms with Crippen LogP contribution in [0.2, 0.25) is 0 Å². The van der Waals surface area contributed by atoms with E-state index in [1.54, 1.807) is 0 Å². The van der Waals surface area contributed by atoms with E-state index >= 15 is 0 Å². The molecule has 0 amide bonds. The number of nitrogens with zero attached hydrogens (tertiary/aromatic N) is 1. The minimum absolute atomic E-state index is 0.235. The molecule has 0 spiro atoms. The first-order chi connectivity index (χ1) is 8.99. The van der Waals surface area contributed by atoms with Crippen LogP contribution in [-0.4, -0.2) is 23.6 Å². The zero-order valence-electron chi connectivity index (χ0n) is 12.8. The van der Waals surface area contributed by atoms with E-state index in [9.17, 15) is 0 Å². The number of hydrogen-bond donors (Lipinski definition) is 3.